The van der Waals surface area contributed by atoms with Crippen molar-refractivity contribution in [3.05, 3.63) is 99.8 Å². The first-order chi connectivity index (χ1) is 15.6. The SMILES string of the molecule is Cc1cccc(-c2nn(-c3ccccc3)cc2C=NNC(=O)COc2ccc(I)cc2)c1. The largest absolute Gasteiger partial charge is 0.484 e. The van der Waals surface area contributed by atoms with Gasteiger partial charge in [-0.2, -0.15) is 10.2 Å². The van der Waals surface area contributed by atoms with Crippen LogP contribution in [0.25, 0.3) is 16.9 Å². The maximum atomic E-state index is 12.1. The maximum absolute atomic E-state index is 12.1. The fourth-order valence-corrected chi connectivity index (χ4v) is 3.46. The number of aryl methyl sites for hydroxylation is 1. The summed E-state index contributed by atoms with van der Waals surface area (Å²) in [4.78, 5) is 12.1. The van der Waals surface area contributed by atoms with Crippen LogP contribution in [-0.2, 0) is 4.79 Å². The number of carbonyl (C=O) groups excluding carboxylic acids is 1. The quantitative estimate of drug-likeness (QED) is 0.206. The van der Waals surface area contributed by atoms with Crippen LogP contribution in [0.2, 0.25) is 0 Å². The van der Waals surface area contributed by atoms with Crippen LogP contribution in [0.15, 0.2) is 90.2 Å². The first-order valence-corrected chi connectivity index (χ1v) is 11.1. The number of amides is 1. The number of halogens is 1. The van der Waals surface area contributed by atoms with Crippen molar-refractivity contribution in [3.63, 3.8) is 0 Å². The van der Waals surface area contributed by atoms with E-state index in [2.05, 4.69) is 39.2 Å². The molecule has 0 fully saturated rings. The molecule has 1 N–H and O–H groups in total. The summed E-state index contributed by atoms with van der Waals surface area (Å²) in [5.74, 6) is 0.294. The molecule has 1 aromatic heterocycles. The molecule has 0 spiro atoms. The van der Waals surface area contributed by atoms with Crippen molar-refractivity contribution in [2.24, 2.45) is 5.10 Å². The average Bonchev–Trinajstić information content (AvgIpc) is 3.23. The van der Waals surface area contributed by atoms with Crippen LogP contribution in [0.4, 0.5) is 0 Å². The number of hydrazone groups is 1. The molecule has 0 saturated carbocycles. The smallest absolute Gasteiger partial charge is 0.277 e. The predicted octanol–water partition coefficient (Wildman–Crippen LogP) is 4.98. The van der Waals surface area contributed by atoms with Crippen molar-refractivity contribution in [1.82, 2.24) is 15.2 Å². The number of hydrogen-bond donors (Lipinski definition) is 1. The van der Waals surface area contributed by atoms with Crippen LogP contribution in [-0.4, -0.2) is 28.5 Å². The van der Waals surface area contributed by atoms with Crippen LogP contribution in [0.1, 0.15) is 11.1 Å². The van der Waals surface area contributed by atoms with Gasteiger partial charge in [0.2, 0.25) is 0 Å². The Morgan fingerprint density at radius 1 is 1.09 bits per heavy atom. The van der Waals surface area contributed by atoms with Crippen LogP contribution >= 0.6 is 22.6 Å². The zero-order valence-corrected chi connectivity index (χ0v) is 19.6. The highest BCUT2D eigenvalue weighted by atomic mass is 127. The van der Waals surface area contributed by atoms with Crippen LogP contribution < -0.4 is 10.2 Å². The number of benzene rings is 3. The van der Waals surface area contributed by atoms with E-state index < -0.39 is 0 Å². The topological polar surface area (TPSA) is 68.5 Å². The Kier molecular flexibility index (Phi) is 6.96. The number of ether oxygens (including phenoxy) is 1. The van der Waals surface area contributed by atoms with Crippen molar-refractivity contribution in [1.29, 1.82) is 0 Å². The van der Waals surface area contributed by atoms with Gasteiger partial charge in [-0.3, -0.25) is 4.79 Å². The van der Waals surface area contributed by atoms with Gasteiger partial charge in [-0.15, -0.1) is 0 Å². The molecular weight excluding hydrogens is 515 g/mol. The van der Waals surface area contributed by atoms with Gasteiger partial charge in [0, 0.05) is 20.9 Å². The summed E-state index contributed by atoms with van der Waals surface area (Å²) in [5, 5.41) is 8.88. The van der Waals surface area contributed by atoms with Crippen molar-refractivity contribution in [2.75, 3.05) is 6.61 Å². The summed E-state index contributed by atoms with van der Waals surface area (Å²) < 4.78 is 8.40. The van der Waals surface area contributed by atoms with Gasteiger partial charge in [-0.05, 0) is 72.0 Å². The van der Waals surface area contributed by atoms with E-state index in [1.807, 2.05) is 85.9 Å². The molecule has 160 valence electrons. The lowest BCUT2D eigenvalue weighted by molar-refractivity contribution is -0.123. The number of carbonyl (C=O) groups is 1. The van der Waals surface area contributed by atoms with Gasteiger partial charge in [-0.1, -0.05) is 42.0 Å². The molecule has 0 unspecified atom stereocenters. The highest BCUT2D eigenvalue weighted by Crippen LogP contribution is 2.23. The van der Waals surface area contributed by atoms with Gasteiger partial charge in [0.1, 0.15) is 11.4 Å². The Bertz CT molecular complexity index is 1230. The zero-order valence-electron chi connectivity index (χ0n) is 17.4. The molecule has 7 heteroatoms. The summed E-state index contributed by atoms with van der Waals surface area (Å²) in [6.07, 6.45) is 3.50. The van der Waals surface area contributed by atoms with E-state index >= 15 is 0 Å². The molecule has 4 rings (SSSR count). The fourth-order valence-electron chi connectivity index (χ4n) is 3.10. The lowest BCUT2D eigenvalue weighted by atomic mass is 10.1. The molecule has 6 nitrogen and oxygen atoms in total. The molecule has 1 heterocycles. The molecule has 0 saturated heterocycles. The van der Waals surface area contributed by atoms with E-state index in [4.69, 9.17) is 9.84 Å². The van der Waals surface area contributed by atoms with Crippen molar-refractivity contribution >= 4 is 34.7 Å². The highest BCUT2D eigenvalue weighted by Gasteiger charge is 2.11. The van der Waals surface area contributed by atoms with Crippen LogP contribution in [0, 0.1) is 10.5 Å². The normalized spacial score (nSPS) is 10.9. The molecule has 0 radical (unpaired) electrons. The molecule has 0 bridgehead atoms. The minimum atomic E-state index is -0.340. The summed E-state index contributed by atoms with van der Waals surface area (Å²) in [6, 6.07) is 25.5. The summed E-state index contributed by atoms with van der Waals surface area (Å²) in [7, 11) is 0. The lowest BCUT2D eigenvalue weighted by Crippen LogP contribution is -2.24. The molecule has 3 aromatic carbocycles. The molecule has 0 aliphatic carbocycles. The number of para-hydroxylation sites is 1. The number of aromatic nitrogens is 2. The monoisotopic (exact) mass is 536 g/mol. The van der Waals surface area contributed by atoms with Gasteiger partial charge in [-0.25, -0.2) is 10.1 Å². The molecule has 0 aliphatic heterocycles. The second kappa shape index (κ2) is 10.2. The van der Waals surface area contributed by atoms with Crippen molar-refractivity contribution < 1.29 is 9.53 Å². The third kappa shape index (κ3) is 5.61. The zero-order chi connectivity index (χ0) is 22.3. The van der Waals surface area contributed by atoms with E-state index in [1.165, 1.54) is 0 Å². The van der Waals surface area contributed by atoms with E-state index in [9.17, 15) is 4.79 Å². The van der Waals surface area contributed by atoms with Gasteiger partial charge >= 0.3 is 0 Å². The Morgan fingerprint density at radius 3 is 2.62 bits per heavy atom. The van der Waals surface area contributed by atoms with Gasteiger partial charge < -0.3 is 4.74 Å². The molecule has 0 atom stereocenters. The van der Waals surface area contributed by atoms with E-state index in [0.717, 1.165) is 31.6 Å². The van der Waals surface area contributed by atoms with Crippen molar-refractivity contribution in [3.8, 4) is 22.7 Å². The number of nitrogens with one attached hydrogen (secondary N) is 1. The minimum Gasteiger partial charge on any atom is -0.484 e. The standard InChI is InChI=1S/C25H21IN4O2/c1-18-6-5-7-19(14-18)25-20(16-30(29-25)22-8-3-2-4-9-22)15-27-28-24(31)17-32-23-12-10-21(26)11-13-23/h2-16H,17H2,1H3,(H,28,31). The highest BCUT2D eigenvalue weighted by molar-refractivity contribution is 14.1. The second-order valence-electron chi connectivity index (χ2n) is 7.12. The molecule has 32 heavy (non-hydrogen) atoms. The number of nitrogens with zero attached hydrogens (tertiary/aromatic N) is 3. The molecule has 1 amide bonds. The summed E-state index contributed by atoms with van der Waals surface area (Å²) in [6.45, 7) is 1.92. The van der Waals surface area contributed by atoms with E-state index in [-0.39, 0.29) is 12.5 Å². The van der Waals surface area contributed by atoms with Gasteiger partial charge in [0.15, 0.2) is 6.61 Å². The minimum absolute atomic E-state index is 0.119. The second-order valence-corrected chi connectivity index (χ2v) is 8.36. The third-order valence-corrected chi connectivity index (χ3v) is 5.35. The first kappa shape index (κ1) is 21.8. The van der Waals surface area contributed by atoms with Crippen LogP contribution in [0.3, 0.4) is 0 Å². The molecule has 4 aromatic rings. The van der Waals surface area contributed by atoms with E-state index in [0.29, 0.717) is 5.75 Å². The third-order valence-electron chi connectivity index (χ3n) is 4.63. The Labute approximate surface area is 200 Å². The first-order valence-electron chi connectivity index (χ1n) is 10.0. The van der Waals surface area contributed by atoms with Gasteiger partial charge in [0.25, 0.3) is 5.91 Å². The van der Waals surface area contributed by atoms with E-state index in [1.54, 1.807) is 10.9 Å². The average molecular weight is 536 g/mol. The summed E-state index contributed by atoms with van der Waals surface area (Å²) in [5.41, 5.74) is 7.15. The predicted molar refractivity (Wildman–Crippen MR) is 134 cm³/mol. The Morgan fingerprint density at radius 2 is 1.88 bits per heavy atom. The maximum Gasteiger partial charge on any atom is 0.277 e. The Hall–Kier alpha value is -3.46. The van der Waals surface area contributed by atoms with Crippen LogP contribution in [0.5, 0.6) is 5.75 Å². The van der Waals surface area contributed by atoms with Gasteiger partial charge in [0.05, 0.1) is 11.9 Å². The Balaban J connectivity index is 1.50. The molecule has 0 aliphatic rings. The molecular formula is C25H21IN4O2. The number of hydrogen-bond acceptors (Lipinski definition) is 4. The van der Waals surface area contributed by atoms with Crippen molar-refractivity contribution in [2.45, 2.75) is 6.92 Å². The number of rotatable bonds is 7. The fraction of sp³-hybridized carbons (Fsp3) is 0.0800. The lowest BCUT2D eigenvalue weighted by Gasteiger charge is -2.04. The summed E-state index contributed by atoms with van der Waals surface area (Å²) >= 11 is 2.22.